The molecule has 94 valence electrons. The predicted octanol–water partition coefficient (Wildman–Crippen LogP) is 3.10. The van der Waals surface area contributed by atoms with E-state index in [1.807, 2.05) is 6.07 Å². The Bertz CT molecular complexity index is 603. The van der Waals surface area contributed by atoms with Gasteiger partial charge in [0.05, 0.1) is 22.9 Å². The molecule has 1 aromatic carbocycles. The molecule has 0 aliphatic heterocycles. The number of benzene rings is 1. The Labute approximate surface area is 105 Å². The van der Waals surface area contributed by atoms with Gasteiger partial charge in [0.2, 0.25) is 0 Å². The maximum absolute atomic E-state index is 11.3. The molecule has 4 heteroatoms. The van der Waals surface area contributed by atoms with Crippen LogP contribution in [-0.4, -0.2) is 20.6 Å². The fraction of sp³-hybridized carbons (Fsp3) is 0.429. The highest BCUT2D eigenvalue weighted by molar-refractivity contribution is 6.01. The molecule has 0 bridgehead atoms. The van der Waals surface area contributed by atoms with Gasteiger partial charge in [0.1, 0.15) is 0 Å². The van der Waals surface area contributed by atoms with Crippen molar-refractivity contribution in [3.63, 3.8) is 0 Å². The number of fused-ring (bicyclic) bond motifs is 1. The molecule has 0 radical (unpaired) electrons. The van der Waals surface area contributed by atoms with Gasteiger partial charge in [-0.05, 0) is 37.3 Å². The Morgan fingerprint density at radius 2 is 2.28 bits per heavy atom. The first-order chi connectivity index (χ1) is 8.66. The molecule has 1 aromatic heterocycles. The summed E-state index contributed by atoms with van der Waals surface area (Å²) in [5, 5.41) is 9.28. The summed E-state index contributed by atoms with van der Waals surface area (Å²) in [6.07, 6.45) is 5.22. The topological polar surface area (TPSA) is 55.1 Å². The van der Waals surface area contributed by atoms with Crippen molar-refractivity contribution in [2.75, 3.05) is 0 Å². The summed E-state index contributed by atoms with van der Waals surface area (Å²) in [4.78, 5) is 15.6. The van der Waals surface area contributed by atoms with Crippen molar-refractivity contribution in [3.8, 4) is 0 Å². The summed E-state index contributed by atoms with van der Waals surface area (Å²) in [7, 11) is 0. The van der Waals surface area contributed by atoms with Gasteiger partial charge in [0, 0.05) is 6.04 Å². The van der Waals surface area contributed by atoms with Crippen molar-refractivity contribution in [2.24, 2.45) is 5.92 Å². The molecule has 4 nitrogen and oxygen atoms in total. The lowest BCUT2D eigenvalue weighted by Gasteiger charge is -2.14. The van der Waals surface area contributed by atoms with Crippen LogP contribution in [0.15, 0.2) is 24.5 Å². The highest BCUT2D eigenvalue weighted by Crippen LogP contribution is 2.36. The minimum absolute atomic E-state index is 0.351. The molecule has 0 amide bonds. The van der Waals surface area contributed by atoms with Crippen molar-refractivity contribution in [2.45, 2.75) is 32.2 Å². The molecule has 0 saturated heterocycles. The Balaban J connectivity index is 2.15. The van der Waals surface area contributed by atoms with E-state index >= 15 is 0 Å². The average Bonchev–Trinajstić information content (AvgIpc) is 2.94. The number of rotatable bonds is 2. The molecule has 1 N–H and O–H groups in total. The zero-order valence-corrected chi connectivity index (χ0v) is 10.3. The van der Waals surface area contributed by atoms with Crippen LogP contribution < -0.4 is 0 Å². The molecule has 1 aliphatic carbocycles. The van der Waals surface area contributed by atoms with Gasteiger partial charge >= 0.3 is 5.97 Å². The van der Waals surface area contributed by atoms with Crippen LogP contribution >= 0.6 is 0 Å². The quantitative estimate of drug-likeness (QED) is 0.883. The number of carboxylic acid groups (broad SMARTS) is 1. The lowest BCUT2D eigenvalue weighted by atomic mass is 10.1. The van der Waals surface area contributed by atoms with Crippen molar-refractivity contribution >= 4 is 17.0 Å². The summed E-state index contributed by atoms with van der Waals surface area (Å²) in [5.41, 5.74) is 1.89. The van der Waals surface area contributed by atoms with E-state index in [1.54, 1.807) is 18.5 Å². The fourth-order valence-corrected chi connectivity index (χ4v) is 2.97. The van der Waals surface area contributed by atoms with Gasteiger partial charge in [0.15, 0.2) is 0 Å². The first kappa shape index (κ1) is 11.3. The van der Waals surface area contributed by atoms with Gasteiger partial charge in [-0.25, -0.2) is 9.78 Å². The molecule has 1 saturated carbocycles. The van der Waals surface area contributed by atoms with Crippen molar-refractivity contribution in [1.29, 1.82) is 0 Å². The number of hydrogen-bond acceptors (Lipinski definition) is 2. The van der Waals surface area contributed by atoms with Crippen LogP contribution in [0.25, 0.3) is 11.0 Å². The first-order valence-corrected chi connectivity index (χ1v) is 6.35. The van der Waals surface area contributed by atoms with Crippen LogP contribution in [0.3, 0.4) is 0 Å². The number of carbonyl (C=O) groups is 1. The average molecular weight is 244 g/mol. The van der Waals surface area contributed by atoms with E-state index in [1.165, 1.54) is 6.42 Å². The normalized spacial score (nSPS) is 23.6. The maximum atomic E-state index is 11.3. The van der Waals surface area contributed by atoms with Crippen LogP contribution in [0, 0.1) is 5.92 Å². The van der Waals surface area contributed by atoms with Gasteiger partial charge in [-0.15, -0.1) is 0 Å². The van der Waals surface area contributed by atoms with E-state index in [2.05, 4.69) is 16.5 Å². The number of nitrogens with zero attached hydrogens (tertiary/aromatic N) is 2. The molecule has 1 fully saturated rings. The second-order valence-electron chi connectivity index (χ2n) is 5.20. The Morgan fingerprint density at radius 1 is 1.44 bits per heavy atom. The van der Waals surface area contributed by atoms with E-state index in [4.69, 9.17) is 0 Å². The fourth-order valence-electron chi connectivity index (χ4n) is 2.97. The third-order valence-electron chi connectivity index (χ3n) is 3.89. The zero-order chi connectivity index (χ0) is 12.7. The van der Waals surface area contributed by atoms with Gasteiger partial charge in [-0.3, -0.25) is 0 Å². The van der Waals surface area contributed by atoms with E-state index < -0.39 is 5.97 Å². The van der Waals surface area contributed by atoms with E-state index in [9.17, 15) is 9.90 Å². The largest absolute Gasteiger partial charge is 0.478 e. The van der Waals surface area contributed by atoms with Crippen LogP contribution in [0.2, 0.25) is 0 Å². The minimum atomic E-state index is -0.881. The molecule has 2 atom stereocenters. The monoisotopic (exact) mass is 244 g/mol. The van der Waals surface area contributed by atoms with E-state index in [-0.39, 0.29) is 0 Å². The predicted molar refractivity (Wildman–Crippen MR) is 68.7 cm³/mol. The summed E-state index contributed by atoms with van der Waals surface area (Å²) < 4.78 is 2.06. The van der Waals surface area contributed by atoms with Crippen LogP contribution in [0.1, 0.15) is 42.6 Å². The molecule has 1 heterocycles. The second-order valence-corrected chi connectivity index (χ2v) is 5.20. The summed E-state index contributed by atoms with van der Waals surface area (Å²) in [5.74, 6) is -0.169. The molecular weight excluding hydrogens is 228 g/mol. The lowest BCUT2D eigenvalue weighted by molar-refractivity contribution is 0.0698. The molecule has 3 rings (SSSR count). The zero-order valence-electron chi connectivity index (χ0n) is 10.3. The number of aromatic carboxylic acids is 1. The summed E-state index contributed by atoms with van der Waals surface area (Å²) in [6.45, 7) is 2.25. The molecule has 2 unspecified atom stereocenters. The smallest absolute Gasteiger partial charge is 0.337 e. The van der Waals surface area contributed by atoms with Gasteiger partial charge in [-0.2, -0.15) is 0 Å². The summed E-state index contributed by atoms with van der Waals surface area (Å²) in [6, 6.07) is 5.67. The van der Waals surface area contributed by atoms with Gasteiger partial charge in [0.25, 0.3) is 0 Å². The van der Waals surface area contributed by atoms with E-state index in [0.29, 0.717) is 17.5 Å². The molecule has 18 heavy (non-hydrogen) atoms. The second kappa shape index (κ2) is 4.12. The highest BCUT2D eigenvalue weighted by atomic mass is 16.4. The standard InChI is InChI=1S/C14H16N2O2/c1-9-5-6-10(7-9)16-8-15-12-4-2-3-11(13(12)16)14(17)18/h2-4,8-10H,5-7H2,1H3,(H,17,18). The minimum Gasteiger partial charge on any atom is -0.478 e. The molecule has 2 aromatic rings. The Kier molecular flexibility index (Phi) is 2.58. The van der Waals surface area contributed by atoms with Gasteiger partial charge in [-0.1, -0.05) is 13.0 Å². The maximum Gasteiger partial charge on any atom is 0.337 e. The third-order valence-corrected chi connectivity index (χ3v) is 3.89. The lowest BCUT2D eigenvalue weighted by Crippen LogP contribution is -2.07. The third kappa shape index (κ3) is 1.68. The van der Waals surface area contributed by atoms with Crippen LogP contribution in [-0.2, 0) is 0 Å². The van der Waals surface area contributed by atoms with E-state index in [0.717, 1.165) is 23.9 Å². The molecule has 1 aliphatic rings. The first-order valence-electron chi connectivity index (χ1n) is 6.35. The molecule has 0 spiro atoms. The molecular formula is C14H16N2O2. The number of aromatic nitrogens is 2. The summed E-state index contributed by atoms with van der Waals surface area (Å²) >= 11 is 0. The number of carboxylic acids is 1. The highest BCUT2D eigenvalue weighted by Gasteiger charge is 2.25. The van der Waals surface area contributed by atoms with Crippen molar-refractivity contribution < 1.29 is 9.90 Å². The van der Waals surface area contributed by atoms with Crippen LogP contribution in [0.4, 0.5) is 0 Å². The Hall–Kier alpha value is -1.84. The number of hydrogen-bond donors (Lipinski definition) is 1. The van der Waals surface area contributed by atoms with Gasteiger partial charge < -0.3 is 9.67 Å². The SMILES string of the molecule is CC1CCC(n2cnc3cccc(C(=O)O)c32)C1. The van der Waals surface area contributed by atoms with Crippen LogP contribution in [0.5, 0.6) is 0 Å². The van der Waals surface area contributed by atoms with Crippen molar-refractivity contribution in [1.82, 2.24) is 9.55 Å². The Morgan fingerprint density at radius 3 is 2.94 bits per heavy atom. The van der Waals surface area contributed by atoms with Crippen molar-refractivity contribution in [3.05, 3.63) is 30.1 Å². The number of para-hydroxylation sites is 1. The number of imidazole rings is 1.